The van der Waals surface area contributed by atoms with E-state index in [2.05, 4.69) is 10.3 Å². The van der Waals surface area contributed by atoms with Crippen molar-refractivity contribution in [2.24, 2.45) is 5.92 Å². The van der Waals surface area contributed by atoms with Crippen LogP contribution >= 0.6 is 0 Å². The number of aliphatic hydroxyl groups is 1. The molecule has 106 valence electrons. The number of carbonyl (C=O) groups is 1. The number of carboxylic acids is 1. The lowest BCUT2D eigenvalue weighted by atomic mass is 9.88. The Morgan fingerprint density at radius 1 is 1.35 bits per heavy atom. The van der Waals surface area contributed by atoms with E-state index in [0.717, 1.165) is 11.1 Å². The average Bonchev–Trinajstić information content (AvgIpc) is 2.83. The maximum absolute atomic E-state index is 11.0. The number of aliphatic carboxylic acids is 1. The number of benzene rings is 1. The van der Waals surface area contributed by atoms with E-state index in [1.54, 1.807) is 18.3 Å². The third kappa shape index (κ3) is 2.03. The Morgan fingerprint density at radius 3 is 2.85 bits per heavy atom. The van der Waals surface area contributed by atoms with Gasteiger partial charge in [-0.1, -0.05) is 6.07 Å². The van der Waals surface area contributed by atoms with Crippen LogP contribution in [0.1, 0.15) is 18.0 Å². The van der Waals surface area contributed by atoms with Crippen LogP contribution in [0, 0.1) is 5.92 Å². The number of aromatic amines is 1. The smallest absolute Gasteiger partial charge is 0.310 e. The number of fused-ring (bicyclic) bond motifs is 1. The summed E-state index contributed by atoms with van der Waals surface area (Å²) in [7, 11) is 0. The van der Waals surface area contributed by atoms with Gasteiger partial charge in [0.25, 0.3) is 0 Å². The standard InChI is InChI=1S/C14H16N2O4/c17-11-3-1-2-9-13(11)7(5-15-9)10-4-12(18)8(6-16-10)14(19)20/h1-3,5,8,10,12,15-18H,4,6H2,(H,19,20). The molecule has 3 rings (SSSR count). The molecule has 6 heteroatoms. The maximum atomic E-state index is 11.0. The van der Waals surface area contributed by atoms with Crippen LogP contribution in [-0.2, 0) is 4.79 Å². The number of nitrogens with one attached hydrogen (secondary N) is 2. The molecule has 3 atom stereocenters. The highest BCUT2D eigenvalue weighted by molar-refractivity contribution is 5.89. The molecule has 0 aliphatic carbocycles. The van der Waals surface area contributed by atoms with Crippen molar-refractivity contribution < 1.29 is 20.1 Å². The molecular formula is C14H16N2O4. The minimum absolute atomic E-state index is 0.176. The number of aromatic hydroxyl groups is 1. The van der Waals surface area contributed by atoms with E-state index in [1.807, 2.05) is 6.07 Å². The summed E-state index contributed by atoms with van der Waals surface area (Å²) in [5, 5.41) is 32.8. The second kappa shape index (κ2) is 4.81. The first-order chi connectivity index (χ1) is 9.58. The van der Waals surface area contributed by atoms with Crippen molar-refractivity contribution in [3.8, 4) is 5.75 Å². The van der Waals surface area contributed by atoms with E-state index in [-0.39, 0.29) is 18.3 Å². The highest BCUT2D eigenvalue weighted by atomic mass is 16.4. The fourth-order valence-electron chi connectivity index (χ4n) is 2.85. The molecule has 0 saturated carbocycles. The van der Waals surface area contributed by atoms with E-state index < -0.39 is 18.0 Å². The number of H-pyrrole nitrogens is 1. The molecule has 0 bridgehead atoms. The molecule has 20 heavy (non-hydrogen) atoms. The fraction of sp³-hybridized carbons (Fsp3) is 0.357. The van der Waals surface area contributed by atoms with Crippen molar-refractivity contribution >= 4 is 16.9 Å². The number of phenols is 1. The molecule has 2 heterocycles. The molecule has 6 nitrogen and oxygen atoms in total. The SMILES string of the molecule is O=C(O)C1CNC(c2c[nH]c3cccc(O)c23)CC1O. The van der Waals surface area contributed by atoms with Crippen molar-refractivity contribution in [1.29, 1.82) is 0 Å². The van der Waals surface area contributed by atoms with Gasteiger partial charge in [-0.05, 0) is 24.1 Å². The van der Waals surface area contributed by atoms with Gasteiger partial charge in [0, 0.05) is 29.7 Å². The molecule has 1 aliphatic rings. The number of carboxylic acid groups (broad SMARTS) is 1. The summed E-state index contributed by atoms with van der Waals surface area (Å²) in [6.45, 7) is 0.210. The van der Waals surface area contributed by atoms with Crippen LogP contribution in [0.4, 0.5) is 0 Å². The Kier molecular flexibility index (Phi) is 3.11. The summed E-state index contributed by atoms with van der Waals surface area (Å²) in [4.78, 5) is 14.1. The summed E-state index contributed by atoms with van der Waals surface area (Å²) in [5.41, 5.74) is 1.66. The van der Waals surface area contributed by atoms with Gasteiger partial charge in [0.15, 0.2) is 0 Å². The van der Waals surface area contributed by atoms with Gasteiger partial charge in [-0.2, -0.15) is 0 Å². The van der Waals surface area contributed by atoms with Crippen molar-refractivity contribution in [3.05, 3.63) is 30.0 Å². The Morgan fingerprint density at radius 2 is 2.15 bits per heavy atom. The molecule has 0 radical (unpaired) electrons. The summed E-state index contributed by atoms with van der Waals surface area (Å²) in [6, 6.07) is 5.04. The highest BCUT2D eigenvalue weighted by Gasteiger charge is 2.35. The molecule has 1 saturated heterocycles. The largest absolute Gasteiger partial charge is 0.507 e. The van der Waals surface area contributed by atoms with Gasteiger partial charge in [0.1, 0.15) is 5.75 Å². The van der Waals surface area contributed by atoms with E-state index >= 15 is 0 Å². The van der Waals surface area contributed by atoms with Gasteiger partial charge in [0.05, 0.1) is 12.0 Å². The number of aromatic nitrogens is 1. The zero-order chi connectivity index (χ0) is 14.3. The summed E-state index contributed by atoms with van der Waals surface area (Å²) >= 11 is 0. The van der Waals surface area contributed by atoms with Crippen molar-refractivity contribution in [3.63, 3.8) is 0 Å². The third-order valence-corrected chi connectivity index (χ3v) is 3.93. The lowest BCUT2D eigenvalue weighted by Crippen LogP contribution is -2.45. The molecule has 1 aliphatic heterocycles. The molecular weight excluding hydrogens is 260 g/mol. The summed E-state index contributed by atoms with van der Waals surface area (Å²) < 4.78 is 0. The monoisotopic (exact) mass is 276 g/mol. The zero-order valence-electron chi connectivity index (χ0n) is 10.7. The first kappa shape index (κ1) is 13.0. The second-order valence-corrected chi connectivity index (χ2v) is 5.15. The molecule has 0 spiro atoms. The Hall–Kier alpha value is -2.05. The predicted molar refractivity (Wildman–Crippen MR) is 72.5 cm³/mol. The highest BCUT2D eigenvalue weighted by Crippen LogP contribution is 2.35. The number of hydrogen-bond donors (Lipinski definition) is 5. The molecule has 5 N–H and O–H groups in total. The number of rotatable bonds is 2. The van der Waals surface area contributed by atoms with Crippen LogP contribution in [0.15, 0.2) is 24.4 Å². The van der Waals surface area contributed by atoms with E-state index in [0.29, 0.717) is 11.8 Å². The van der Waals surface area contributed by atoms with E-state index in [9.17, 15) is 15.0 Å². The van der Waals surface area contributed by atoms with Gasteiger partial charge in [0.2, 0.25) is 0 Å². The molecule has 1 fully saturated rings. The van der Waals surface area contributed by atoms with Crippen LogP contribution < -0.4 is 5.32 Å². The minimum Gasteiger partial charge on any atom is -0.507 e. The summed E-state index contributed by atoms with van der Waals surface area (Å²) in [5.74, 6) is -1.61. The van der Waals surface area contributed by atoms with Gasteiger partial charge in [-0.25, -0.2) is 0 Å². The Bertz CT molecular complexity index is 652. The number of aliphatic hydroxyl groups excluding tert-OH is 1. The first-order valence-electron chi connectivity index (χ1n) is 6.51. The molecule has 0 amide bonds. The zero-order valence-corrected chi connectivity index (χ0v) is 10.7. The summed E-state index contributed by atoms with van der Waals surface area (Å²) in [6.07, 6.45) is 1.20. The molecule has 1 aromatic heterocycles. The molecule has 3 unspecified atom stereocenters. The van der Waals surface area contributed by atoms with Crippen molar-refractivity contribution in [2.75, 3.05) is 6.54 Å². The van der Waals surface area contributed by atoms with Gasteiger partial charge in [-0.3, -0.25) is 4.79 Å². The lowest BCUT2D eigenvalue weighted by Gasteiger charge is -2.31. The number of phenolic OH excluding ortho intramolecular Hbond substituents is 1. The van der Waals surface area contributed by atoms with Crippen LogP contribution in [0.5, 0.6) is 5.75 Å². The van der Waals surface area contributed by atoms with E-state index in [4.69, 9.17) is 5.11 Å². The van der Waals surface area contributed by atoms with Crippen LogP contribution in [-0.4, -0.2) is 38.9 Å². The predicted octanol–water partition coefficient (Wildman–Crippen LogP) is 0.970. The molecule has 1 aromatic carbocycles. The minimum atomic E-state index is -0.995. The molecule has 2 aromatic rings. The number of piperidine rings is 1. The Balaban J connectivity index is 1.92. The van der Waals surface area contributed by atoms with E-state index in [1.165, 1.54) is 0 Å². The van der Waals surface area contributed by atoms with Crippen LogP contribution in [0.2, 0.25) is 0 Å². The maximum Gasteiger partial charge on any atom is 0.310 e. The van der Waals surface area contributed by atoms with Crippen molar-refractivity contribution in [2.45, 2.75) is 18.6 Å². The van der Waals surface area contributed by atoms with Gasteiger partial charge >= 0.3 is 5.97 Å². The number of hydrogen-bond acceptors (Lipinski definition) is 4. The Labute approximate surface area is 115 Å². The average molecular weight is 276 g/mol. The lowest BCUT2D eigenvalue weighted by molar-refractivity contribution is -0.147. The van der Waals surface area contributed by atoms with Gasteiger partial charge in [-0.15, -0.1) is 0 Å². The topological polar surface area (TPSA) is 106 Å². The third-order valence-electron chi connectivity index (χ3n) is 3.93. The van der Waals surface area contributed by atoms with Crippen LogP contribution in [0.25, 0.3) is 10.9 Å². The van der Waals surface area contributed by atoms with Crippen molar-refractivity contribution in [1.82, 2.24) is 10.3 Å². The first-order valence-corrected chi connectivity index (χ1v) is 6.51. The quantitative estimate of drug-likeness (QED) is 0.562. The second-order valence-electron chi connectivity index (χ2n) is 5.15. The van der Waals surface area contributed by atoms with Gasteiger partial charge < -0.3 is 25.6 Å². The normalized spacial score (nSPS) is 26.8. The van der Waals surface area contributed by atoms with Crippen LogP contribution in [0.3, 0.4) is 0 Å². The fourth-order valence-corrected chi connectivity index (χ4v) is 2.85.